The van der Waals surface area contributed by atoms with Crippen LogP contribution in [-0.4, -0.2) is 51.2 Å². The summed E-state index contributed by atoms with van der Waals surface area (Å²) in [7, 11) is 0. The number of carbonyl (C=O) groups is 1. The molecule has 7 nitrogen and oxygen atoms in total. The minimum absolute atomic E-state index is 0.0603. The van der Waals surface area contributed by atoms with E-state index in [9.17, 15) is 4.79 Å². The van der Waals surface area contributed by atoms with Crippen molar-refractivity contribution in [3.63, 3.8) is 0 Å². The summed E-state index contributed by atoms with van der Waals surface area (Å²) in [6, 6.07) is 9.47. The maximum Gasteiger partial charge on any atom is 0.254 e. The van der Waals surface area contributed by atoms with Crippen LogP contribution in [0.3, 0.4) is 0 Å². The van der Waals surface area contributed by atoms with E-state index in [1.54, 1.807) is 18.5 Å². The van der Waals surface area contributed by atoms with Crippen LogP contribution >= 0.6 is 11.8 Å². The number of pyridine rings is 1. The fraction of sp³-hybridized carbons (Fsp3) is 0.263. The lowest BCUT2D eigenvalue weighted by Crippen LogP contribution is -2.37. The van der Waals surface area contributed by atoms with E-state index >= 15 is 0 Å². The van der Waals surface area contributed by atoms with Crippen LogP contribution in [0.2, 0.25) is 0 Å². The third-order valence-electron chi connectivity index (χ3n) is 4.53. The summed E-state index contributed by atoms with van der Waals surface area (Å²) in [4.78, 5) is 31.2. The fourth-order valence-electron chi connectivity index (χ4n) is 3.19. The van der Waals surface area contributed by atoms with Crippen LogP contribution in [-0.2, 0) is 0 Å². The van der Waals surface area contributed by atoms with E-state index in [2.05, 4.69) is 30.2 Å². The van der Waals surface area contributed by atoms with Crippen molar-refractivity contribution in [3.05, 3.63) is 54.5 Å². The van der Waals surface area contributed by atoms with Crippen LogP contribution in [0, 0.1) is 0 Å². The fourth-order valence-corrected chi connectivity index (χ4v) is 3.74. The standard InChI is InChI=1S/C19H20N6OS/c1-27-18-14(4-2-9-21-18)17(26)23-13-7-11-25(12-13)19-22-10-6-16(24-19)15-5-3-8-20-15/h2-6,8-10,13,20H,7,11-12H2,1H3,(H,23,26). The van der Waals surface area contributed by atoms with Crippen LogP contribution in [0.25, 0.3) is 11.4 Å². The molecular formula is C19H20N6OS. The molecule has 1 atom stereocenters. The molecule has 1 fully saturated rings. The predicted molar refractivity (Wildman–Crippen MR) is 106 cm³/mol. The third kappa shape index (κ3) is 3.80. The number of nitrogens with zero attached hydrogens (tertiary/aromatic N) is 4. The molecule has 0 bridgehead atoms. The second kappa shape index (κ2) is 7.79. The van der Waals surface area contributed by atoms with Crippen molar-refractivity contribution in [2.75, 3.05) is 24.2 Å². The lowest BCUT2D eigenvalue weighted by atomic mass is 10.2. The van der Waals surface area contributed by atoms with Gasteiger partial charge in [0.25, 0.3) is 5.91 Å². The number of hydrogen-bond donors (Lipinski definition) is 2. The number of nitrogens with one attached hydrogen (secondary N) is 2. The molecule has 1 unspecified atom stereocenters. The Hall–Kier alpha value is -2.87. The van der Waals surface area contributed by atoms with Crippen molar-refractivity contribution in [1.82, 2.24) is 25.3 Å². The van der Waals surface area contributed by atoms with Crippen molar-refractivity contribution in [3.8, 4) is 11.4 Å². The minimum Gasteiger partial charge on any atom is -0.360 e. The largest absolute Gasteiger partial charge is 0.360 e. The van der Waals surface area contributed by atoms with Crippen LogP contribution in [0.1, 0.15) is 16.8 Å². The van der Waals surface area contributed by atoms with Gasteiger partial charge in [0, 0.05) is 37.7 Å². The van der Waals surface area contributed by atoms with Crippen LogP contribution in [0.5, 0.6) is 0 Å². The summed E-state index contributed by atoms with van der Waals surface area (Å²) in [6.45, 7) is 1.50. The highest BCUT2D eigenvalue weighted by molar-refractivity contribution is 7.98. The smallest absolute Gasteiger partial charge is 0.254 e. The average Bonchev–Trinajstić information content (AvgIpc) is 3.40. The van der Waals surface area contributed by atoms with E-state index in [0.29, 0.717) is 18.1 Å². The molecule has 4 rings (SSSR count). The zero-order chi connectivity index (χ0) is 18.6. The molecule has 0 aliphatic carbocycles. The van der Waals surface area contributed by atoms with Crippen molar-refractivity contribution in [2.45, 2.75) is 17.5 Å². The molecule has 0 aromatic carbocycles. The molecule has 1 saturated heterocycles. The van der Waals surface area contributed by atoms with E-state index in [4.69, 9.17) is 0 Å². The molecule has 8 heteroatoms. The molecule has 4 heterocycles. The molecular weight excluding hydrogens is 360 g/mol. The SMILES string of the molecule is CSc1ncccc1C(=O)NC1CCN(c2nccc(-c3ccc[nH]3)n2)C1. The number of anilines is 1. The molecule has 27 heavy (non-hydrogen) atoms. The number of carbonyl (C=O) groups excluding carboxylic acids is 1. The summed E-state index contributed by atoms with van der Waals surface area (Å²) in [5.74, 6) is 0.602. The summed E-state index contributed by atoms with van der Waals surface area (Å²) >= 11 is 1.47. The van der Waals surface area contributed by atoms with Crippen molar-refractivity contribution in [2.24, 2.45) is 0 Å². The van der Waals surface area contributed by atoms with Gasteiger partial charge in [-0.2, -0.15) is 0 Å². The first-order chi connectivity index (χ1) is 13.2. The van der Waals surface area contributed by atoms with E-state index in [0.717, 1.165) is 29.4 Å². The third-order valence-corrected chi connectivity index (χ3v) is 5.24. The summed E-state index contributed by atoms with van der Waals surface area (Å²) in [5, 5.41) is 3.86. The van der Waals surface area contributed by atoms with Gasteiger partial charge < -0.3 is 15.2 Å². The molecule has 0 saturated carbocycles. The Kier molecular flexibility index (Phi) is 5.06. The van der Waals surface area contributed by atoms with Crippen LogP contribution in [0.4, 0.5) is 5.95 Å². The molecule has 1 amide bonds. The van der Waals surface area contributed by atoms with Crippen molar-refractivity contribution < 1.29 is 4.79 Å². The predicted octanol–water partition coefficient (Wildman–Crippen LogP) is 2.60. The van der Waals surface area contributed by atoms with Gasteiger partial charge >= 0.3 is 0 Å². The van der Waals surface area contributed by atoms with E-state index in [-0.39, 0.29) is 11.9 Å². The Morgan fingerprint density at radius 2 is 2.19 bits per heavy atom. The first-order valence-electron chi connectivity index (χ1n) is 8.76. The van der Waals surface area contributed by atoms with Crippen molar-refractivity contribution >= 4 is 23.6 Å². The summed E-state index contributed by atoms with van der Waals surface area (Å²) in [6.07, 6.45) is 8.13. The van der Waals surface area contributed by atoms with Gasteiger partial charge in [0.15, 0.2) is 0 Å². The number of aromatic nitrogens is 4. The van der Waals surface area contributed by atoms with Gasteiger partial charge in [-0.15, -0.1) is 11.8 Å². The molecule has 0 spiro atoms. The monoisotopic (exact) mass is 380 g/mol. The van der Waals surface area contributed by atoms with Gasteiger partial charge in [-0.05, 0) is 43.0 Å². The Bertz CT molecular complexity index is 929. The van der Waals surface area contributed by atoms with Crippen LogP contribution < -0.4 is 10.2 Å². The van der Waals surface area contributed by atoms with Gasteiger partial charge in [0.2, 0.25) is 5.95 Å². The van der Waals surface area contributed by atoms with Crippen molar-refractivity contribution in [1.29, 1.82) is 0 Å². The highest BCUT2D eigenvalue weighted by Crippen LogP contribution is 2.21. The van der Waals surface area contributed by atoms with Crippen LogP contribution in [0.15, 0.2) is 53.9 Å². The van der Waals surface area contributed by atoms with Gasteiger partial charge in [0.05, 0.1) is 17.0 Å². The lowest BCUT2D eigenvalue weighted by molar-refractivity contribution is 0.0936. The molecule has 2 N–H and O–H groups in total. The van der Waals surface area contributed by atoms with Gasteiger partial charge in [0.1, 0.15) is 5.03 Å². The first kappa shape index (κ1) is 17.5. The van der Waals surface area contributed by atoms with E-state index < -0.39 is 0 Å². The Balaban J connectivity index is 1.43. The molecule has 3 aromatic rings. The second-order valence-electron chi connectivity index (χ2n) is 6.29. The number of H-pyrrole nitrogens is 1. The molecule has 1 aliphatic rings. The normalized spacial score (nSPS) is 16.5. The number of amides is 1. The van der Waals surface area contributed by atoms with Gasteiger partial charge in [-0.3, -0.25) is 4.79 Å². The zero-order valence-electron chi connectivity index (χ0n) is 14.9. The molecule has 138 valence electrons. The van der Waals surface area contributed by atoms with Gasteiger partial charge in [-0.1, -0.05) is 0 Å². The highest BCUT2D eigenvalue weighted by Gasteiger charge is 2.27. The summed E-state index contributed by atoms with van der Waals surface area (Å²) in [5.41, 5.74) is 2.44. The van der Waals surface area contributed by atoms with E-state index in [1.807, 2.05) is 36.7 Å². The highest BCUT2D eigenvalue weighted by atomic mass is 32.2. The Morgan fingerprint density at radius 3 is 3.00 bits per heavy atom. The Labute approximate surface area is 161 Å². The topological polar surface area (TPSA) is 86.8 Å². The van der Waals surface area contributed by atoms with E-state index in [1.165, 1.54) is 11.8 Å². The number of thioether (sulfide) groups is 1. The average molecular weight is 380 g/mol. The molecule has 1 aliphatic heterocycles. The summed E-state index contributed by atoms with van der Waals surface area (Å²) < 4.78 is 0. The maximum atomic E-state index is 12.6. The lowest BCUT2D eigenvalue weighted by Gasteiger charge is -2.17. The number of hydrogen-bond acceptors (Lipinski definition) is 6. The zero-order valence-corrected chi connectivity index (χ0v) is 15.7. The first-order valence-corrected chi connectivity index (χ1v) is 9.98. The Morgan fingerprint density at radius 1 is 1.26 bits per heavy atom. The van der Waals surface area contributed by atoms with Gasteiger partial charge in [-0.25, -0.2) is 15.0 Å². The number of aromatic amines is 1. The minimum atomic E-state index is -0.0830. The molecule has 3 aromatic heterocycles. The quantitative estimate of drug-likeness (QED) is 0.662. The molecule has 0 radical (unpaired) electrons. The second-order valence-corrected chi connectivity index (χ2v) is 7.09. The maximum absolute atomic E-state index is 12.6. The number of rotatable bonds is 5.